The fourth-order valence-electron chi connectivity index (χ4n) is 3.94. The number of aromatic nitrogens is 1. The molecule has 3 heterocycles. The van der Waals surface area contributed by atoms with E-state index < -0.39 is 0 Å². The molecule has 0 aliphatic carbocycles. The summed E-state index contributed by atoms with van der Waals surface area (Å²) in [5, 5.41) is 3.30. The number of carbonyl (C=O) groups is 1. The Bertz CT molecular complexity index is 948. The van der Waals surface area contributed by atoms with Crippen molar-refractivity contribution < 1.29 is 4.79 Å². The summed E-state index contributed by atoms with van der Waals surface area (Å²) in [7, 11) is 1.82. The van der Waals surface area contributed by atoms with Gasteiger partial charge >= 0.3 is 0 Å². The highest BCUT2D eigenvalue weighted by Gasteiger charge is 2.30. The molecule has 0 bridgehead atoms. The van der Waals surface area contributed by atoms with Gasteiger partial charge in [-0.15, -0.1) is 11.3 Å². The standard InChI is InChI=1S/C21H24N4OS/c1-3-4-16-17(12-23-20(16)22-2)14-7-9-25(10-8-14)21(26)15-5-6-18-19(11-15)27-13-24-18/h4-6,11-14H,3,7-10H2,1-2H3,(H,22,23)/b16-4-. The Labute approximate surface area is 163 Å². The quantitative estimate of drug-likeness (QED) is 0.876. The van der Waals surface area contributed by atoms with Crippen molar-refractivity contribution in [3.8, 4) is 0 Å². The number of rotatable bonds is 3. The maximum atomic E-state index is 12.9. The number of carbonyl (C=O) groups excluding carboxylic acids is 1. The minimum Gasteiger partial charge on any atom is -0.346 e. The van der Waals surface area contributed by atoms with Crippen LogP contribution in [0.5, 0.6) is 0 Å². The molecule has 1 aromatic heterocycles. The molecular formula is C21H24N4OS. The second kappa shape index (κ2) is 7.64. The lowest BCUT2D eigenvalue weighted by atomic mass is 9.85. The third-order valence-electron chi connectivity index (χ3n) is 5.36. The van der Waals surface area contributed by atoms with Crippen molar-refractivity contribution in [3.05, 3.63) is 52.7 Å². The first-order chi connectivity index (χ1) is 13.2. The molecule has 6 heteroatoms. The maximum Gasteiger partial charge on any atom is 0.253 e. The van der Waals surface area contributed by atoms with Gasteiger partial charge in [0.1, 0.15) is 5.84 Å². The fourth-order valence-corrected chi connectivity index (χ4v) is 4.66. The molecule has 0 unspecified atom stereocenters. The third-order valence-corrected chi connectivity index (χ3v) is 6.15. The van der Waals surface area contributed by atoms with Crippen LogP contribution in [0.4, 0.5) is 0 Å². The van der Waals surface area contributed by atoms with E-state index in [0.717, 1.165) is 54.0 Å². The van der Waals surface area contributed by atoms with Crippen LogP contribution in [-0.4, -0.2) is 41.8 Å². The van der Waals surface area contributed by atoms with E-state index in [0.29, 0.717) is 5.92 Å². The molecule has 0 radical (unpaired) electrons. The van der Waals surface area contributed by atoms with Crippen molar-refractivity contribution in [2.75, 3.05) is 20.1 Å². The zero-order chi connectivity index (χ0) is 18.8. The van der Waals surface area contributed by atoms with Crippen LogP contribution in [0.25, 0.3) is 10.2 Å². The Morgan fingerprint density at radius 1 is 1.41 bits per heavy atom. The van der Waals surface area contributed by atoms with E-state index in [1.54, 1.807) is 11.3 Å². The number of benzene rings is 1. The largest absolute Gasteiger partial charge is 0.346 e. The van der Waals surface area contributed by atoms with Gasteiger partial charge in [0.25, 0.3) is 5.91 Å². The van der Waals surface area contributed by atoms with Crippen LogP contribution in [-0.2, 0) is 0 Å². The molecule has 4 rings (SSSR count). The van der Waals surface area contributed by atoms with Crippen molar-refractivity contribution in [2.24, 2.45) is 10.9 Å². The van der Waals surface area contributed by atoms with Crippen molar-refractivity contribution in [1.82, 2.24) is 15.2 Å². The van der Waals surface area contributed by atoms with E-state index >= 15 is 0 Å². The number of piperidine rings is 1. The third kappa shape index (κ3) is 3.41. The number of amidine groups is 1. The highest BCUT2D eigenvalue weighted by molar-refractivity contribution is 7.16. The van der Waals surface area contributed by atoms with E-state index in [-0.39, 0.29) is 5.91 Å². The fraction of sp³-hybridized carbons (Fsp3) is 0.381. The molecule has 140 valence electrons. The van der Waals surface area contributed by atoms with E-state index in [1.807, 2.05) is 35.7 Å². The van der Waals surface area contributed by atoms with Gasteiger partial charge in [-0.25, -0.2) is 4.98 Å². The number of amides is 1. The van der Waals surface area contributed by atoms with E-state index in [4.69, 9.17) is 0 Å². The van der Waals surface area contributed by atoms with Crippen LogP contribution < -0.4 is 5.32 Å². The molecule has 5 nitrogen and oxygen atoms in total. The monoisotopic (exact) mass is 380 g/mol. The normalized spacial score (nSPS) is 21.1. The van der Waals surface area contributed by atoms with Crippen molar-refractivity contribution in [2.45, 2.75) is 26.2 Å². The van der Waals surface area contributed by atoms with Gasteiger partial charge in [0.15, 0.2) is 0 Å². The van der Waals surface area contributed by atoms with Gasteiger partial charge < -0.3 is 10.2 Å². The smallest absolute Gasteiger partial charge is 0.253 e. The SMILES string of the molecule is CC/C=C1/C(C2CCN(C(=O)c3ccc4ncsc4c3)CC2)=CNC1=NC. The lowest BCUT2D eigenvalue weighted by molar-refractivity contribution is 0.0703. The van der Waals surface area contributed by atoms with Crippen molar-refractivity contribution >= 4 is 33.3 Å². The molecule has 0 saturated carbocycles. The summed E-state index contributed by atoms with van der Waals surface area (Å²) in [6, 6.07) is 5.80. The summed E-state index contributed by atoms with van der Waals surface area (Å²) in [6.07, 6.45) is 7.31. The van der Waals surface area contributed by atoms with Crippen LogP contribution in [0.1, 0.15) is 36.5 Å². The molecule has 0 atom stereocenters. The number of hydrogen-bond acceptors (Lipinski definition) is 4. The predicted molar refractivity (Wildman–Crippen MR) is 111 cm³/mol. The number of aliphatic imine (C=N–C) groups is 1. The molecule has 2 aromatic rings. The van der Waals surface area contributed by atoms with E-state index in [1.165, 1.54) is 11.1 Å². The van der Waals surface area contributed by atoms with Gasteiger partial charge in [-0.2, -0.15) is 0 Å². The molecule has 1 fully saturated rings. The number of nitrogens with one attached hydrogen (secondary N) is 1. The molecule has 1 saturated heterocycles. The minimum atomic E-state index is 0.127. The number of hydrogen-bond donors (Lipinski definition) is 1. The topological polar surface area (TPSA) is 57.6 Å². The molecule has 27 heavy (non-hydrogen) atoms. The van der Waals surface area contributed by atoms with Crippen molar-refractivity contribution in [1.29, 1.82) is 0 Å². The van der Waals surface area contributed by atoms with Crippen LogP contribution in [0, 0.1) is 5.92 Å². The number of fused-ring (bicyclic) bond motifs is 1. The Kier molecular flexibility index (Phi) is 5.07. The van der Waals surface area contributed by atoms with Crippen LogP contribution >= 0.6 is 11.3 Å². The molecular weight excluding hydrogens is 356 g/mol. The zero-order valence-corrected chi connectivity index (χ0v) is 16.6. The van der Waals surface area contributed by atoms with Crippen LogP contribution in [0.15, 0.2) is 52.1 Å². The van der Waals surface area contributed by atoms with Gasteiger partial charge in [0, 0.05) is 37.5 Å². The van der Waals surface area contributed by atoms with Crippen molar-refractivity contribution in [3.63, 3.8) is 0 Å². The van der Waals surface area contributed by atoms with Gasteiger partial charge in [-0.3, -0.25) is 9.79 Å². The Morgan fingerprint density at radius 2 is 2.22 bits per heavy atom. The highest BCUT2D eigenvalue weighted by Crippen LogP contribution is 2.33. The lowest BCUT2D eigenvalue weighted by Crippen LogP contribution is -2.39. The summed E-state index contributed by atoms with van der Waals surface area (Å²) in [4.78, 5) is 23.5. The van der Waals surface area contributed by atoms with Gasteiger partial charge in [0.05, 0.1) is 15.7 Å². The number of allylic oxidation sites excluding steroid dienone is 1. The Morgan fingerprint density at radius 3 is 2.96 bits per heavy atom. The lowest BCUT2D eigenvalue weighted by Gasteiger charge is -2.33. The molecule has 1 amide bonds. The van der Waals surface area contributed by atoms with E-state index in [9.17, 15) is 4.79 Å². The summed E-state index contributed by atoms with van der Waals surface area (Å²) in [5.74, 6) is 1.56. The number of likely N-dealkylation sites (tertiary alicyclic amines) is 1. The minimum absolute atomic E-state index is 0.127. The first kappa shape index (κ1) is 17.9. The predicted octanol–water partition coefficient (Wildman–Crippen LogP) is 4.00. The van der Waals surface area contributed by atoms with E-state index in [2.05, 4.69) is 34.5 Å². The Balaban J connectivity index is 1.44. The van der Waals surface area contributed by atoms with Gasteiger partial charge in [0.2, 0.25) is 0 Å². The average molecular weight is 381 g/mol. The summed E-state index contributed by atoms with van der Waals surface area (Å²) >= 11 is 1.58. The first-order valence-corrected chi connectivity index (χ1v) is 10.4. The van der Waals surface area contributed by atoms with Gasteiger partial charge in [-0.05, 0) is 49.0 Å². The number of nitrogens with zero attached hydrogens (tertiary/aromatic N) is 3. The zero-order valence-electron chi connectivity index (χ0n) is 15.7. The van der Waals surface area contributed by atoms with Gasteiger partial charge in [-0.1, -0.05) is 13.0 Å². The molecule has 2 aliphatic rings. The van der Waals surface area contributed by atoms with Crippen LogP contribution in [0.3, 0.4) is 0 Å². The second-order valence-corrected chi connectivity index (χ2v) is 7.83. The summed E-state index contributed by atoms with van der Waals surface area (Å²) < 4.78 is 1.07. The Hall–Kier alpha value is -2.47. The maximum absolute atomic E-state index is 12.9. The molecule has 0 spiro atoms. The summed E-state index contributed by atoms with van der Waals surface area (Å²) in [5.41, 5.74) is 6.12. The van der Waals surface area contributed by atoms with Crippen LogP contribution in [0.2, 0.25) is 0 Å². The number of thiazole rings is 1. The first-order valence-electron chi connectivity index (χ1n) is 9.48. The highest BCUT2D eigenvalue weighted by atomic mass is 32.1. The average Bonchev–Trinajstić information content (AvgIpc) is 3.34. The summed E-state index contributed by atoms with van der Waals surface area (Å²) in [6.45, 7) is 3.73. The molecule has 1 aromatic carbocycles. The molecule has 2 aliphatic heterocycles. The second-order valence-electron chi connectivity index (χ2n) is 6.94. The molecule has 1 N–H and O–H groups in total.